The lowest BCUT2D eigenvalue weighted by Crippen LogP contribution is -2.25. The van der Waals surface area contributed by atoms with Crippen LogP contribution >= 0.6 is 0 Å². The summed E-state index contributed by atoms with van der Waals surface area (Å²) >= 11 is 0. The summed E-state index contributed by atoms with van der Waals surface area (Å²) in [6, 6.07) is 0.852. The molecule has 0 spiro atoms. The molecule has 0 aliphatic heterocycles. The van der Waals surface area contributed by atoms with Gasteiger partial charge in [-0.3, -0.25) is 10.1 Å². The maximum atomic E-state index is 10.7. The Morgan fingerprint density at radius 2 is 2.29 bits per heavy atom. The molecule has 0 radical (unpaired) electrons. The summed E-state index contributed by atoms with van der Waals surface area (Å²) in [6.07, 6.45) is -0.196. The fourth-order valence-corrected chi connectivity index (χ4v) is 0.774. The lowest BCUT2D eigenvalue weighted by molar-refractivity contribution is -0.606. The Labute approximate surface area is 76.7 Å². The first-order valence-corrected chi connectivity index (χ1v) is 3.28. The third-order valence-corrected chi connectivity index (χ3v) is 1.27. The van der Waals surface area contributed by atoms with Gasteiger partial charge in [-0.1, -0.05) is 0 Å². The summed E-state index contributed by atoms with van der Waals surface area (Å²) in [5.74, 6) is -0.611. The van der Waals surface area contributed by atoms with E-state index < -0.39 is 22.5 Å². The van der Waals surface area contributed by atoms with Gasteiger partial charge in [0.2, 0.25) is 6.20 Å². The minimum atomic E-state index is -1.72. The maximum absolute atomic E-state index is 10.7. The van der Waals surface area contributed by atoms with Gasteiger partial charge in [0, 0.05) is 0 Å². The molecule has 0 atom stereocenters. The van der Waals surface area contributed by atoms with Crippen molar-refractivity contribution in [1.29, 1.82) is 0 Å². The van der Waals surface area contributed by atoms with Crippen molar-refractivity contribution in [3.05, 3.63) is 33.8 Å². The van der Waals surface area contributed by atoms with Crippen molar-refractivity contribution in [3.63, 3.8) is 0 Å². The second-order valence-corrected chi connectivity index (χ2v) is 2.18. The van der Waals surface area contributed by atoms with E-state index in [0.717, 1.165) is 12.3 Å². The molecule has 0 bridgehead atoms. The highest BCUT2D eigenvalue weighted by Gasteiger charge is 2.20. The van der Waals surface area contributed by atoms with E-state index in [0.29, 0.717) is 6.20 Å². The fraction of sp³-hybridized carbons (Fsp3) is 0. The highest BCUT2D eigenvalue weighted by atomic mass is 16.7. The van der Waals surface area contributed by atoms with E-state index in [-0.39, 0.29) is 4.73 Å². The Balaban J connectivity index is 3.15. The molecule has 0 fully saturated rings. The Hall–Kier alpha value is -2.38. The van der Waals surface area contributed by atoms with Gasteiger partial charge < -0.3 is 15.1 Å². The molecule has 0 saturated heterocycles. The number of pyridine rings is 1. The number of aromatic nitrogens is 1. The van der Waals surface area contributed by atoms with E-state index in [4.69, 9.17) is 5.11 Å². The van der Waals surface area contributed by atoms with Gasteiger partial charge in [-0.25, -0.2) is 4.79 Å². The molecule has 1 N–H and O–H groups in total. The van der Waals surface area contributed by atoms with Crippen molar-refractivity contribution in [2.75, 3.05) is 0 Å². The van der Waals surface area contributed by atoms with Crippen molar-refractivity contribution < 1.29 is 24.3 Å². The van der Waals surface area contributed by atoms with Crippen LogP contribution in [-0.2, 0) is 0 Å². The molecule has 0 saturated carbocycles. The molecular formula is C6H4N2O6. The average Bonchev–Trinajstić information content (AvgIpc) is 2.01. The number of carbonyl (C=O) groups is 1. The molecule has 14 heavy (non-hydrogen) atoms. The van der Waals surface area contributed by atoms with Crippen molar-refractivity contribution in [2.24, 2.45) is 0 Å². The molecule has 0 aromatic carbocycles. The summed E-state index contributed by atoms with van der Waals surface area (Å²) in [7, 11) is 0. The van der Waals surface area contributed by atoms with Gasteiger partial charge in [0.05, 0.1) is 11.0 Å². The molecule has 0 unspecified atom stereocenters. The fourth-order valence-electron chi connectivity index (χ4n) is 0.774. The van der Waals surface area contributed by atoms with Crippen molar-refractivity contribution in [1.82, 2.24) is 0 Å². The minimum absolute atomic E-state index is 0.200. The van der Waals surface area contributed by atoms with E-state index in [9.17, 15) is 20.1 Å². The maximum Gasteiger partial charge on any atom is 0.511 e. The number of hydrogen-bond acceptors (Lipinski definition) is 5. The summed E-state index contributed by atoms with van der Waals surface area (Å²) in [5.41, 5.74) is -0.584. The van der Waals surface area contributed by atoms with E-state index in [1.165, 1.54) is 0 Å². The molecule has 1 heterocycles. The van der Waals surface area contributed by atoms with E-state index in [1.54, 1.807) is 0 Å². The highest BCUT2D eigenvalue weighted by molar-refractivity contribution is 5.63. The zero-order valence-corrected chi connectivity index (χ0v) is 6.61. The lowest BCUT2D eigenvalue weighted by atomic mass is 10.4. The molecule has 1 rings (SSSR count). The van der Waals surface area contributed by atoms with E-state index >= 15 is 0 Å². The Morgan fingerprint density at radius 3 is 2.79 bits per heavy atom. The van der Waals surface area contributed by atoms with Crippen LogP contribution in [0.4, 0.5) is 10.5 Å². The standard InChI is InChI=1S/C6H4N2O6/c9-6(10)14-5-3-7(11)2-1-4(5)8(12)13/h1-3H,(H,9,10). The van der Waals surface area contributed by atoms with Gasteiger partial charge in [0.25, 0.3) is 5.75 Å². The minimum Gasteiger partial charge on any atom is -0.619 e. The van der Waals surface area contributed by atoms with Crippen LogP contribution in [0.5, 0.6) is 5.75 Å². The SMILES string of the molecule is O=C(O)Oc1c[n+]([O-])ccc1[N+](=O)[O-]. The van der Waals surface area contributed by atoms with Crippen LogP contribution in [0.2, 0.25) is 0 Å². The van der Waals surface area contributed by atoms with Gasteiger partial charge in [0.15, 0.2) is 6.20 Å². The van der Waals surface area contributed by atoms with E-state index in [2.05, 4.69) is 4.74 Å². The predicted molar refractivity (Wildman–Crippen MR) is 40.7 cm³/mol. The molecule has 8 nitrogen and oxygen atoms in total. The summed E-state index contributed by atoms with van der Waals surface area (Å²) in [4.78, 5) is 19.6. The largest absolute Gasteiger partial charge is 0.619 e. The number of hydrogen-bond donors (Lipinski definition) is 1. The number of ether oxygens (including phenoxy) is 1. The first-order valence-electron chi connectivity index (χ1n) is 3.28. The molecule has 74 valence electrons. The quantitative estimate of drug-likeness (QED) is 0.241. The monoisotopic (exact) mass is 200 g/mol. The third-order valence-electron chi connectivity index (χ3n) is 1.27. The number of carboxylic acid groups (broad SMARTS) is 1. The Kier molecular flexibility index (Phi) is 2.47. The zero-order chi connectivity index (χ0) is 10.7. The number of rotatable bonds is 2. The molecule has 1 aromatic rings. The third kappa shape index (κ3) is 2.06. The van der Waals surface area contributed by atoms with E-state index in [1.807, 2.05) is 0 Å². The van der Waals surface area contributed by atoms with Crippen LogP contribution in [0.15, 0.2) is 18.5 Å². The van der Waals surface area contributed by atoms with Gasteiger partial charge >= 0.3 is 11.8 Å². The molecule has 8 heteroatoms. The smallest absolute Gasteiger partial charge is 0.511 e. The van der Waals surface area contributed by atoms with Crippen molar-refractivity contribution >= 4 is 11.8 Å². The Bertz CT molecular complexity index is 390. The second kappa shape index (κ2) is 3.56. The topological polar surface area (TPSA) is 117 Å². The highest BCUT2D eigenvalue weighted by Crippen LogP contribution is 2.23. The summed E-state index contributed by atoms with van der Waals surface area (Å²) in [6.45, 7) is 0. The number of nitrogens with zero attached hydrogens (tertiary/aromatic N) is 2. The predicted octanol–water partition coefficient (Wildman–Crippen LogP) is 0.285. The Morgan fingerprint density at radius 1 is 1.64 bits per heavy atom. The van der Waals surface area contributed by atoms with Crippen molar-refractivity contribution in [3.8, 4) is 5.75 Å². The first kappa shape index (κ1) is 9.71. The van der Waals surface area contributed by atoms with Gasteiger partial charge in [-0.15, -0.1) is 0 Å². The van der Waals surface area contributed by atoms with Crippen LogP contribution in [0.1, 0.15) is 0 Å². The van der Waals surface area contributed by atoms with Gasteiger partial charge in [-0.05, 0) is 0 Å². The van der Waals surface area contributed by atoms with Gasteiger partial charge in [0.1, 0.15) is 0 Å². The first-order chi connectivity index (χ1) is 6.50. The zero-order valence-electron chi connectivity index (χ0n) is 6.61. The normalized spacial score (nSPS) is 9.43. The summed E-state index contributed by atoms with van der Waals surface area (Å²) < 4.78 is 4.24. The lowest BCUT2D eigenvalue weighted by Gasteiger charge is -2.00. The molecular weight excluding hydrogens is 196 g/mol. The van der Waals surface area contributed by atoms with Crippen LogP contribution in [0.25, 0.3) is 0 Å². The van der Waals surface area contributed by atoms with Crippen LogP contribution < -0.4 is 9.47 Å². The molecule has 1 aromatic heterocycles. The summed E-state index contributed by atoms with van der Waals surface area (Å²) in [5, 5.41) is 29.2. The number of nitro groups is 1. The van der Waals surface area contributed by atoms with Gasteiger partial charge in [-0.2, -0.15) is 4.73 Å². The molecule has 0 amide bonds. The van der Waals surface area contributed by atoms with Crippen LogP contribution in [0.3, 0.4) is 0 Å². The van der Waals surface area contributed by atoms with Crippen LogP contribution in [0, 0.1) is 15.3 Å². The molecule has 0 aliphatic carbocycles. The van der Waals surface area contributed by atoms with Crippen molar-refractivity contribution in [2.45, 2.75) is 0 Å². The second-order valence-electron chi connectivity index (χ2n) is 2.18. The molecule has 0 aliphatic rings. The van der Waals surface area contributed by atoms with Crippen LogP contribution in [-0.4, -0.2) is 16.2 Å². The average molecular weight is 200 g/mol.